The van der Waals surface area contributed by atoms with Crippen LogP contribution in [-0.4, -0.2) is 61.0 Å². The van der Waals surface area contributed by atoms with Crippen LogP contribution in [-0.2, 0) is 30.9 Å². The van der Waals surface area contributed by atoms with Gasteiger partial charge in [-0.1, -0.05) is 48.0 Å². The normalized spacial score (nSPS) is 17.5. The second-order valence-corrected chi connectivity index (χ2v) is 10.9. The predicted octanol–water partition coefficient (Wildman–Crippen LogP) is 3.35. The lowest BCUT2D eigenvalue weighted by Crippen LogP contribution is -2.60. The average Bonchev–Trinajstić information content (AvgIpc) is 2.77. The van der Waals surface area contributed by atoms with Gasteiger partial charge in [-0.2, -0.15) is 4.31 Å². The minimum Gasteiger partial charge on any atom is -0.460 e. The molecule has 1 fully saturated rings. The third kappa shape index (κ3) is 6.33. The molecule has 1 unspecified atom stereocenters. The summed E-state index contributed by atoms with van der Waals surface area (Å²) in [5, 5.41) is 0. The SMILES string of the molecule is Cc1ccc(S(=O)(=O)N2CCN(C(=O)OC(C)(C)C)CC2C(=O)OCc2ccccc2)cc1. The molecule has 3 rings (SSSR count). The molecule has 1 amide bonds. The molecule has 1 heterocycles. The molecule has 8 nitrogen and oxygen atoms in total. The molecule has 0 saturated carbocycles. The van der Waals surface area contributed by atoms with E-state index in [-0.39, 0.29) is 31.1 Å². The van der Waals surface area contributed by atoms with Gasteiger partial charge in [-0.15, -0.1) is 0 Å². The molecule has 0 aromatic heterocycles. The van der Waals surface area contributed by atoms with Crippen LogP contribution in [0.2, 0.25) is 0 Å². The highest BCUT2D eigenvalue weighted by Gasteiger charge is 2.43. The highest BCUT2D eigenvalue weighted by molar-refractivity contribution is 7.89. The number of piperazine rings is 1. The molecule has 0 aliphatic carbocycles. The van der Waals surface area contributed by atoms with E-state index in [0.717, 1.165) is 15.4 Å². The topological polar surface area (TPSA) is 93.2 Å². The highest BCUT2D eigenvalue weighted by Crippen LogP contribution is 2.24. The van der Waals surface area contributed by atoms with Gasteiger partial charge >= 0.3 is 12.1 Å². The Morgan fingerprint density at radius 2 is 1.64 bits per heavy atom. The Balaban J connectivity index is 1.85. The number of aryl methyl sites for hydroxylation is 1. The molecule has 0 radical (unpaired) electrons. The van der Waals surface area contributed by atoms with Gasteiger partial charge in [0, 0.05) is 13.1 Å². The Hall–Kier alpha value is -2.91. The van der Waals surface area contributed by atoms with E-state index in [0.29, 0.717) is 0 Å². The zero-order valence-electron chi connectivity index (χ0n) is 19.4. The van der Waals surface area contributed by atoms with Crippen LogP contribution < -0.4 is 0 Å². The summed E-state index contributed by atoms with van der Waals surface area (Å²) in [6.45, 7) is 6.98. The number of sulfonamides is 1. The minimum atomic E-state index is -3.99. The number of hydrogen-bond donors (Lipinski definition) is 0. The van der Waals surface area contributed by atoms with Crippen LogP contribution >= 0.6 is 0 Å². The van der Waals surface area contributed by atoms with E-state index in [1.807, 2.05) is 37.3 Å². The lowest BCUT2D eigenvalue weighted by Gasteiger charge is -2.39. The van der Waals surface area contributed by atoms with Crippen molar-refractivity contribution in [2.75, 3.05) is 19.6 Å². The van der Waals surface area contributed by atoms with Gasteiger partial charge in [0.1, 0.15) is 18.2 Å². The fourth-order valence-electron chi connectivity index (χ4n) is 3.41. The molecule has 1 aliphatic rings. The summed E-state index contributed by atoms with van der Waals surface area (Å²) in [6, 6.07) is 14.3. The number of hydrogen-bond acceptors (Lipinski definition) is 6. The molecule has 0 bridgehead atoms. The Labute approximate surface area is 195 Å². The Morgan fingerprint density at radius 3 is 2.24 bits per heavy atom. The van der Waals surface area contributed by atoms with Gasteiger partial charge in [0.05, 0.1) is 11.4 Å². The molecular weight excluding hydrogens is 444 g/mol. The number of esters is 1. The summed E-state index contributed by atoms with van der Waals surface area (Å²) in [5.74, 6) is -0.720. The first-order valence-corrected chi connectivity index (χ1v) is 12.2. The van der Waals surface area contributed by atoms with Gasteiger partial charge in [0.2, 0.25) is 10.0 Å². The molecule has 1 atom stereocenters. The number of amides is 1. The first-order chi connectivity index (χ1) is 15.5. The summed E-state index contributed by atoms with van der Waals surface area (Å²) < 4.78 is 38.7. The van der Waals surface area contributed by atoms with Crippen molar-refractivity contribution in [3.8, 4) is 0 Å². The lowest BCUT2D eigenvalue weighted by molar-refractivity contribution is -0.151. The first kappa shape index (κ1) is 24.7. The molecule has 2 aromatic rings. The summed E-state index contributed by atoms with van der Waals surface area (Å²) in [5.41, 5.74) is 0.979. The number of benzene rings is 2. The van der Waals surface area contributed by atoms with Crippen LogP contribution in [0.25, 0.3) is 0 Å². The first-order valence-electron chi connectivity index (χ1n) is 10.7. The smallest absolute Gasteiger partial charge is 0.410 e. The lowest BCUT2D eigenvalue weighted by atomic mass is 10.2. The van der Waals surface area contributed by atoms with E-state index >= 15 is 0 Å². The van der Waals surface area contributed by atoms with Crippen LogP contribution in [0.4, 0.5) is 4.79 Å². The van der Waals surface area contributed by atoms with Crippen molar-refractivity contribution in [2.45, 2.75) is 50.8 Å². The molecule has 33 heavy (non-hydrogen) atoms. The van der Waals surface area contributed by atoms with Crippen molar-refractivity contribution in [1.29, 1.82) is 0 Å². The van der Waals surface area contributed by atoms with Gasteiger partial charge in [-0.3, -0.25) is 4.79 Å². The second-order valence-electron chi connectivity index (χ2n) is 8.96. The quantitative estimate of drug-likeness (QED) is 0.617. The van der Waals surface area contributed by atoms with Crippen LogP contribution in [0.3, 0.4) is 0 Å². The Morgan fingerprint density at radius 1 is 1.00 bits per heavy atom. The second kappa shape index (κ2) is 9.93. The van der Waals surface area contributed by atoms with Gasteiger partial charge in [-0.05, 0) is 45.4 Å². The summed E-state index contributed by atoms with van der Waals surface area (Å²) in [4.78, 5) is 27.1. The molecular formula is C24H30N2O6S. The largest absolute Gasteiger partial charge is 0.460 e. The molecule has 9 heteroatoms. The monoisotopic (exact) mass is 474 g/mol. The summed E-state index contributed by atoms with van der Waals surface area (Å²) >= 11 is 0. The zero-order valence-corrected chi connectivity index (χ0v) is 20.2. The van der Waals surface area contributed by atoms with Crippen molar-refractivity contribution < 1.29 is 27.5 Å². The minimum absolute atomic E-state index is 0.00102. The van der Waals surface area contributed by atoms with E-state index in [4.69, 9.17) is 9.47 Å². The van der Waals surface area contributed by atoms with Gasteiger partial charge in [0.15, 0.2) is 0 Å². The van der Waals surface area contributed by atoms with Gasteiger partial charge in [0.25, 0.3) is 0 Å². The molecule has 0 N–H and O–H groups in total. The third-order valence-corrected chi connectivity index (χ3v) is 7.03. The predicted molar refractivity (Wildman–Crippen MR) is 123 cm³/mol. The maximum atomic E-state index is 13.4. The van der Waals surface area contributed by atoms with Crippen molar-refractivity contribution in [3.05, 3.63) is 65.7 Å². The van der Waals surface area contributed by atoms with E-state index in [9.17, 15) is 18.0 Å². The maximum absolute atomic E-state index is 13.4. The fourth-order valence-corrected chi connectivity index (χ4v) is 4.97. The van der Waals surface area contributed by atoms with Crippen LogP contribution in [0, 0.1) is 6.92 Å². The number of carbonyl (C=O) groups is 2. The highest BCUT2D eigenvalue weighted by atomic mass is 32.2. The third-order valence-electron chi connectivity index (χ3n) is 5.11. The zero-order chi connectivity index (χ0) is 24.2. The molecule has 1 aliphatic heterocycles. The van der Waals surface area contributed by atoms with Gasteiger partial charge < -0.3 is 14.4 Å². The van der Waals surface area contributed by atoms with Crippen LogP contribution in [0.15, 0.2) is 59.5 Å². The van der Waals surface area contributed by atoms with Crippen molar-refractivity contribution in [1.82, 2.24) is 9.21 Å². The van der Waals surface area contributed by atoms with Crippen molar-refractivity contribution in [2.24, 2.45) is 0 Å². The summed E-state index contributed by atoms with van der Waals surface area (Å²) in [7, 11) is -3.99. The number of carbonyl (C=O) groups excluding carboxylic acids is 2. The number of nitrogens with zero attached hydrogens (tertiary/aromatic N) is 2. The number of ether oxygens (including phenoxy) is 2. The number of rotatable bonds is 5. The Kier molecular flexibility index (Phi) is 7.44. The average molecular weight is 475 g/mol. The van der Waals surface area contributed by atoms with E-state index in [1.54, 1.807) is 32.9 Å². The van der Waals surface area contributed by atoms with E-state index in [2.05, 4.69) is 0 Å². The Bertz CT molecular complexity index is 1080. The van der Waals surface area contributed by atoms with Crippen molar-refractivity contribution >= 4 is 22.1 Å². The standard InChI is InChI=1S/C24H30N2O6S/c1-18-10-12-20(13-11-18)33(29,30)26-15-14-25(23(28)32-24(2,3)4)16-21(26)22(27)31-17-19-8-6-5-7-9-19/h5-13,21H,14-17H2,1-4H3. The maximum Gasteiger partial charge on any atom is 0.410 e. The molecule has 178 valence electrons. The summed E-state index contributed by atoms with van der Waals surface area (Å²) in [6.07, 6.45) is -0.601. The van der Waals surface area contributed by atoms with E-state index < -0.39 is 33.7 Å². The molecule has 1 saturated heterocycles. The van der Waals surface area contributed by atoms with Crippen LogP contribution in [0.1, 0.15) is 31.9 Å². The molecule has 2 aromatic carbocycles. The van der Waals surface area contributed by atoms with E-state index in [1.165, 1.54) is 17.0 Å². The molecule has 0 spiro atoms. The van der Waals surface area contributed by atoms with Crippen molar-refractivity contribution in [3.63, 3.8) is 0 Å². The van der Waals surface area contributed by atoms with Crippen LogP contribution in [0.5, 0.6) is 0 Å². The van der Waals surface area contributed by atoms with Gasteiger partial charge in [-0.25, -0.2) is 13.2 Å². The fraction of sp³-hybridized carbons (Fsp3) is 0.417.